The fourth-order valence-electron chi connectivity index (χ4n) is 2.00. The Kier molecular flexibility index (Phi) is 4.45. The van der Waals surface area contributed by atoms with Crippen molar-refractivity contribution in [3.63, 3.8) is 0 Å². The summed E-state index contributed by atoms with van der Waals surface area (Å²) in [5, 5.41) is 0. The van der Waals surface area contributed by atoms with Gasteiger partial charge in [-0.2, -0.15) is 0 Å². The smallest absolute Gasteiger partial charge is 0.257 e. The van der Waals surface area contributed by atoms with Gasteiger partial charge in [-0.3, -0.25) is 9.78 Å². The topological polar surface area (TPSA) is 33.2 Å². The summed E-state index contributed by atoms with van der Waals surface area (Å²) in [4.78, 5) is 17.9. The summed E-state index contributed by atoms with van der Waals surface area (Å²) >= 11 is 0. The number of rotatable bonds is 4. The third-order valence-electron chi connectivity index (χ3n) is 3.15. The molecular weight excluding hydrogens is 255 g/mol. The van der Waals surface area contributed by atoms with E-state index in [1.807, 2.05) is 19.1 Å². The molecule has 0 N–H and O–H groups in total. The number of carbonyl (C=O) groups excluding carboxylic acids is 1. The van der Waals surface area contributed by atoms with E-state index in [2.05, 4.69) is 4.98 Å². The molecule has 104 valence electrons. The molecule has 0 unspecified atom stereocenters. The molecule has 0 aliphatic carbocycles. The molecule has 1 heterocycles. The Morgan fingerprint density at radius 3 is 2.55 bits per heavy atom. The zero-order valence-corrected chi connectivity index (χ0v) is 11.6. The lowest BCUT2D eigenvalue weighted by Gasteiger charge is -2.21. The Balaban J connectivity index is 2.21. The lowest BCUT2D eigenvalue weighted by molar-refractivity contribution is 0.0748. The first-order chi connectivity index (χ1) is 9.61. The lowest BCUT2D eigenvalue weighted by atomic mass is 10.1. The molecule has 4 heteroatoms. The first-order valence-corrected chi connectivity index (χ1v) is 6.56. The van der Waals surface area contributed by atoms with Gasteiger partial charge in [0.2, 0.25) is 0 Å². The summed E-state index contributed by atoms with van der Waals surface area (Å²) in [6.07, 6.45) is 3.36. The number of aromatic nitrogens is 1. The van der Waals surface area contributed by atoms with E-state index in [1.165, 1.54) is 6.07 Å². The molecule has 0 aliphatic heterocycles. The predicted molar refractivity (Wildman–Crippen MR) is 75.8 cm³/mol. The molecule has 0 radical (unpaired) electrons. The number of aryl methyl sites for hydroxylation is 1. The second-order valence-electron chi connectivity index (χ2n) is 4.66. The highest BCUT2D eigenvalue weighted by Crippen LogP contribution is 2.14. The van der Waals surface area contributed by atoms with Crippen molar-refractivity contribution in [1.29, 1.82) is 0 Å². The van der Waals surface area contributed by atoms with E-state index < -0.39 is 5.82 Å². The van der Waals surface area contributed by atoms with Gasteiger partial charge in [-0.25, -0.2) is 4.39 Å². The van der Waals surface area contributed by atoms with Gasteiger partial charge in [0.05, 0.1) is 5.56 Å². The van der Waals surface area contributed by atoms with E-state index in [0.717, 1.165) is 11.1 Å². The fourth-order valence-corrected chi connectivity index (χ4v) is 2.00. The zero-order chi connectivity index (χ0) is 14.5. The average Bonchev–Trinajstić information content (AvgIpc) is 2.45. The molecular formula is C16H17FN2O. The summed E-state index contributed by atoms with van der Waals surface area (Å²) in [6.45, 7) is 4.65. The largest absolute Gasteiger partial charge is 0.335 e. The van der Waals surface area contributed by atoms with Crippen molar-refractivity contribution in [1.82, 2.24) is 9.88 Å². The quantitative estimate of drug-likeness (QED) is 0.856. The first kappa shape index (κ1) is 14.2. The fraction of sp³-hybridized carbons (Fsp3) is 0.250. The van der Waals surface area contributed by atoms with Crippen LogP contribution in [0, 0.1) is 12.7 Å². The lowest BCUT2D eigenvalue weighted by Crippen LogP contribution is -2.31. The van der Waals surface area contributed by atoms with Crippen LogP contribution in [-0.4, -0.2) is 22.3 Å². The summed E-state index contributed by atoms with van der Waals surface area (Å²) in [5.74, 6) is -0.759. The Morgan fingerprint density at radius 2 is 1.95 bits per heavy atom. The van der Waals surface area contributed by atoms with Crippen molar-refractivity contribution in [3.05, 3.63) is 65.2 Å². The zero-order valence-electron chi connectivity index (χ0n) is 11.6. The third-order valence-corrected chi connectivity index (χ3v) is 3.15. The third kappa shape index (κ3) is 3.20. The Hall–Kier alpha value is -2.23. The van der Waals surface area contributed by atoms with E-state index in [4.69, 9.17) is 0 Å². The van der Waals surface area contributed by atoms with Crippen LogP contribution in [0.1, 0.15) is 28.4 Å². The van der Waals surface area contributed by atoms with E-state index in [0.29, 0.717) is 13.1 Å². The van der Waals surface area contributed by atoms with Crippen molar-refractivity contribution < 1.29 is 9.18 Å². The Labute approximate surface area is 118 Å². The van der Waals surface area contributed by atoms with Crippen LogP contribution in [0.2, 0.25) is 0 Å². The van der Waals surface area contributed by atoms with Gasteiger partial charge in [-0.05, 0) is 49.2 Å². The van der Waals surface area contributed by atoms with Crippen LogP contribution >= 0.6 is 0 Å². The van der Waals surface area contributed by atoms with Crippen LogP contribution in [0.25, 0.3) is 0 Å². The molecule has 0 spiro atoms. The van der Waals surface area contributed by atoms with Gasteiger partial charge < -0.3 is 4.90 Å². The number of hydrogen-bond donors (Lipinski definition) is 0. The SMILES string of the molecule is CCN(Cc1ccncc1)C(=O)c1ccc(C)cc1F. The van der Waals surface area contributed by atoms with Crippen LogP contribution < -0.4 is 0 Å². The molecule has 0 fully saturated rings. The average molecular weight is 272 g/mol. The second kappa shape index (κ2) is 6.28. The highest BCUT2D eigenvalue weighted by atomic mass is 19.1. The van der Waals surface area contributed by atoms with Crippen LogP contribution in [0.4, 0.5) is 4.39 Å². The molecule has 0 saturated heterocycles. The minimum Gasteiger partial charge on any atom is -0.335 e. The normalized spacial score (nSPS) is 10.3. The van der Waals surface area contributed by atoms with Crippen molar-refractivity contribution in [2.45, 2.75) is 20.4 Å². The molecule has 3 nitrogen and oxygen atoms in total. The van der Waals surface area contributed by atoms with Crippen LogP contribution in [0.5, 0.6) is 0 Å². The van der Waals surface area contributed by atoms with Crippen molar-refractivity contribution >= 4 is 5.91 Å². The van der Waals surface area contributed by atoms with Crippen molar-refractivity contribution in [3.8, 4) is 0 Å². The first-order valence-electron chi connectivity index (χ1n) is 6.56. The molecule has 1 aromatic heterocycles. The maximum absolute atomic E-state index is 13.9. The number of hydrogen-bond acceptors (Lipinski definition) is 2. The molecule has 2 rings (SSSR count). The maximum atomic E-state index is 13.9. The predicted octanol–water partition coefficient (Wildman–Crippen LogP) is 3.19. The highest BCUT2D eigenvalue weighted by Gasteiger charge is 2.18. The number of carbonyl (C=O) groups is 1. The number of pyridine rings is 1. The molecule has 0 aliphatic rings. The van der Waals surface area contributed by atoms with E-state index >= 15 is 0 Å². The van der Waals surface area contributed by atoms with Gasteiger partial charge in [-0.1, -0.05) is 6.07 Å². The van der Waals surface area contributed by atoms with Gasteiger partial charge >= 0.3 is 0 Å². The Bertz CT molecular complexity index is 599. The summed E-state index contributed by atoms with van der Waals surface area (Å²) in [7, 11) is 0. The number of amides is 1. The Morgan fingerprint density at radius 1 is 1.25 bits per heavy atom. The van der Waals surface area contributed by atoms with Crippen LogP contribution in [0.3, 0.4) is 0 Å². The van der Waals surface area contributed by atoms with Gasteiger partial charge in [0.25, 0.3) is 5.91 Å². The van der Waals surface area contributed by atoms with Gasteiger partial charge in [0, 0.05) is 25.5 Å². The molecule has 2 aromatic rings. The molecule has 20 heavy (non-hydrogen) atoms. The standard InChI is InChI=1S/C16H17FN2O/c1-3-19(11-13-6-8-18-9-7-13)16(20)14-5-4-12(2)10-15(14)17/h4-10H,3,11H2,1-2H3. The van der Waals surface area contributed by atoms with E-state index in [-0.39, 0.29) is 11.5 Å². The van der Waals surface area contributed by atoms with Crippen LogP contribution in [0.15, 0.2) is 42.7 Å². The molecule has 1 aromatic carbocycles. The molecule has 0 saturated carbocycles. The summed E-state index contributed by atoms with van der Waals surface area (Å²) in [6, 6.07) is 8.37. The second-order valence-corrected chi connectivity index (χ2v) is 4.66. The number of benzene rings is 1. The minimum absolute atomic E-state index is 0.117. The number of nitrogens with zero attached hydrogens (tertiary/aromatic N) is 2. The summed E-state index contributed by atoms with van der Waals surface area (Å²) in [5.41, 5.74) is 1.89. The van der Waals surface area contributed by atoms with Crippen molar-refractivity contribution in [2.75, 3.05) is 6.54 Å². The van der Waals surface area contributed by atoms with Gasteiger partial charge in [0.1, 0.15) is 5.82 Å². The monoisotopic (exact) mass is 272 g/mol. The van der Waals surface area contributed by atoms with Crippen molar-refractivity contribution in [2.24, 2.45) is 0 Å². The van der Waals surface area contributed by atoms with Gasteiger partial charge in [-0.15, -0.1) is 0 Å². The maximum Gasteiger partial charge on any atom is 0.257 e. The molecule has 1 amide bonds. The molecule has 0 atom stereocenters. The van der Waals surface area contributed by atoms with E-state index in [1.54, 1.807) is 36.4 Å². The summed E-state index contributed by atoms with van der Waals surface area (Å²) < 4.78 is 13.9. The number of halogens is 1. The van der Waals surface area contributed by atoms with Crippen LogP contribution in [-0.2, 0) is 6.54 Å². The molecule has 0 bridgehead atoms. The van der Waals surface area contributed by atoms with Gasteiger partial charge in [0.15, 0.2) is 0 Å². The highest BCUT2D eigenvalue weighted by molar-refractivity contribution is 5.94. The minimum atomic E-state index is -0.469. The van der Waals surface area contributed by atoms with E-state index in [9.17, 15) is 9.18 Å².